The molecule has 0 aliphatic carbocycles. The number of aliphatic hydroxyl groups excluding tert-OH is 3. The normalized spacial score (nSPS) is 24.2. The molecule has 0 radical (unpaired) electrons. The van der Waals surface area contributed by atoms with Crippen LogP contribution < -0.4 is 113 Å². The van der Waals surface area contributed by atoms with Gasteiger partial charge in [0.15, 0.2) is 0 Å². The molecule has 19 atom stereocenters. The molecule has 4 aliphatic heterocycles. The van der Waals surface area contributed by atoms with E-state index in [9.17, 15) is 108 Å². The van der Waals surface area contributed by atoms with Gasteiger partial charge in [-0.05, 0) is 80.8 Å². The molecule has 0 saturated carbocycles. The molecule has 4 aliphatic rings. The van der Waals surface area contributed by atoms with Gasteiger partial charge in [-0.1, -0.05) is 103 Å². The fraction of sp³-hybridized carbons (Fsp3) is 0.557. The van der Waals surface area contributed by atoms with Gasteiger partial charge in [0.2, 0.25) is 124 Å². The first-order chi connectivity index (χ1) is 64.6. The summed E-state index contributed by atoms with van der Waals surface area (Å²) in [6.45, 7) is 1.52. The molecule has 2 aromatic rings. The predicted molar refractivity (Wildman–Crippen MR) is 492 cm³/mol. The second-order valence-corrected chi connectivity index (χ2v) is 39.8. The van der Waals surface area contributed by atoms with Gasteiger partial charge >= 0.3 is 11.9 Å². The van der Waals surface area contributed by atoms with Crippen LogP contribution in [-0.2, 0) is 123 Å². The Morgan fingerprint density at radius 3 is 1.44 bits per heavy atom. The zero-order valence-corrected chi connectivity index (χ0v) is 78.9. The Morgan fingerprint density at radius 1 is 0.474 bits per heavy atom. The maximum Gasteiger partial charge on any atom is 0.326 e. The minimum Gasteiger partial charge on any atom is -0.508 e. The summed E-state index contributed by atoms with van der Waals surface area (Å²) < 4.78 is 0. The first-order valence-corrected chi connectivity index (χ1v) is 49.8. The van der Waals surface area contributed by atoms with Gasteiger partial charge in [-0.15, -0.1) is 0 Å². The van der Waals surface area contributed by atoms with Crippen LogP contribution >= 0.6 is 64.8 Å². The zero-order chi connectivity index (χ0) is 102. The molecule has 0 aromatic heterocycles. The van der Waals surface area contributed by atoms with E-state index in [1.807, 2.05) is 10.6 Å². The number of aliphatic hydroxyl groups is 3. The number of hydrogen-bond donors (Lipinski definition) is 28. The molecule has 52 nitrogen and oxygen atoms in total. The van der Waals surface area contributed by atoms with Crippen molar-refractivity contribution in [1.82, 2.24) is 95.3 Å². The molecule has 4 fully saturated rings. The number of primary amides is 3. The van der Waals surface area contributed by atoms with Gasteiger partial charge in [0.25, 0.3) is 0 Å². The molecule has 4 heterocycles. The second-order valence-electron chi connectivity index (χ2n) is 32.1. The third kappa shape index (κ3) is 37.7. The maximum atomic E-state index is 15.6. The number of carbonyl (C=O) groups is 23. The maximum absolute atomic E-state index is 15.6. The van der Waals surface area contributed by atoms with Crippen molar-refractivity contribution < 1.29 is 146 Å². The fourth-order valence-corrected chi connectivity index (χ4v) is 20.3. The van der Waals surface area contributed by atoms with E-state index in [0.29, 0.717) is 64.8 Å². The van der Waals surface area contributed by atoms with E-state index in [-0.39, 0.29) is 48.4 Å². The summed E-state index contributed by atoms with van der Waals surface area (Å²) in [6.07, 6.45) is -7.93. The minimum absolute atomic E-state index is 0.0790. The number of rotatable bonds is 31. The number of carboxylic acid groups (broad SMARTS) is 2. The summed E-state index contributed by atoms with van der Waals surface area (Å²) >= 11 is 0. The zero-order valence-electron chi connectivity index (χ0n) is 74.0. The smallest absolute Gasteiger partial charge is 0.326 e. The molecule has 4 bridgehead atoms. The average molecular weight is 2040 g/mol. The number of fused-ring (bicyclic) bond motifs is 20. The number of amides is 21. The molecule has 2 aromatic carbocycles. The summed E-state index contributed by atoms with van der Waals surface area (Å²) in [5.41, 5.74) is 22.5. The number of aromatic hydroxyl groups is 2. The summed E-state index contributed by atoms with van der Waals surface area (Å²) in [4.78, 5) is 328. The number of aliphatic carboxylic acids is 2. The van der Waals surface area contributed by atoms with Crippen molar-refractivity contribution >= 4 is 201 Å². The highest BCUT2D eigenvalue weighted by atomic mass is 33.1. The highest BCUT2D eigenvalue weighted by Gasteiger charge is 2.44. The number of nitrogens with one attached hydrogen (secondary N) is 17. The third-order valence-corrected chi connectivity index (χ3v) is 27.9. The van der Waals surface area contributed by atoms with Crippen LogP contribution in [0.3, 0.4) is 0 Å². The summed E-state index contributed by atoms with van der Waals surface area (Å²) in [7, 11) is 3.73. The van der Waals surface area contributed by atoms with Crippen molar-refractivity contribution in [3.8, 4) is 11.5 Å². The molecule has 32 N–H and O–H groups in total. The lowest BCUT2D eigenvalue weighted by atomic mass is 10.0. The van der Waals surface area contributed by atoms with Gasteiger partial charge < -0.3 is 154 Å². The Balaban J connectivity index is 1.60. The van der Waals surface area contributed by atoms with Crippen molar-refractivity contribution in [1.29, 1.82) is 0 Å². The Morgan fingerprint density at radius 2 is 0.927 bits per heavy atom. The average Bonchev–Trinajstić information content (AvgIpc) is 1.72. The lowest BCUT2D eigenvalue weighted by Gasteiger charge is -2.30. The molecular formula is C79H112N22O30S6. The predicted octanol–water partition coefficient (Wildman–Crippen LogP) is -11.7. The Bertz CT molecular complexity index is 4750. The third-order valence-electron chi connectivity index (χ3n) is 20.6. The van der Waals surface area contributed by atoms with Crippen LogP contribution in [0.25, 0.3) is 0 Å². The highest BCUT2D eigenvalue weighted by Crippen LogP contribution is 2.29. The highest BCUT2D eigenvalue weighted by molar-refractivity contribution is 8.77. The quantitative estimate of drug-likeness (QED) is 0.0246. The molecule has 4 saturated heterocycles. The van der Waals surface area contributed by atoms with Gasteiger partial charge in [-0.25, -0.2) is 4.79 Å². The molecule has 19 unspecified atom stereocenters. The van der Waals surface area contributed by atoms with Crippen molar-refractivity contribution in [2.75, 3.05) is 60.8 Å². The second kappa shape index (κ2) is 55.9. The number of carboxylic acids is 2. The number of nitrogens with zero attached hydrogens (tertiary/aromatic N) is 1. The molecule has 137 heavy (non-hydrogen) atoms. The monoisotopic (exact) mass is 2040 g/mol. The van der Waals surface area contributed by atoms with Gasteiger partial charge in [0, 0.05) is 60.3 Å². The van der Waals surface area contributed by atoms with Crippen LogP contribution in [0.1, 0.15) is 90.2 Å². The van der Waals surface area contributed by atoms with Crippen molar-refractivity contribution in [2.45, 2.75) is 207 Å². The van der Waals surface area contributed by atoms with Crippen molar-refractivity contribution in [3.63, 3.8) is 0 Å². The van der Waals surface area contributed by atoms with E-state index in [1.54, 1.807) is 13.8 Å². The first-order valence-electron chi connectivity index (χ1n) is 42.3. The Kier molecular flexibility index (Phi) is 46.3. The minimum atomic E-state index is -2.18. The topological polar surface area (TPSA) is 846 Å². The number of benzene rings is 2. The van der Waals surface area contributed by atoms with Crippen LogP contribution in [0.5, 0.6) is 11.5 Å². The van der Waals surface area contributed by atoms with Gasteiger partial charge in [0.1, 0.15) is 114 Å². The van der Waals surface area contributed by atoms with Crippen molar-refractivity contribution in [3.05, 3.63) is 59.7 Å². The molecule has 0 spiro atoms. The molecule has 6 rings (SSSR count). The van der Waals surface area contributed by atoms with E-state index in [2.05, 4.69) is 79.8 Å². The van der Waals surface area contributed by atoms with Crippen LogP contribution in [0.2, 0.25) is 0 Å². The standard InChI is InChI=1S/C79H112N22O30S6/c1-33(2)18-42-65(116)96-52-30-133-132-27-49(70(121)92-46(79(130)131)20-37-9-13-39(106)14-10-37)86-59(110)24-84-77(128)61(35(4)104)100-75(126)54-32-137-134-28-50(71(122)87-41(64(115)88-42)15-16-60(111)112)98-74(125)53(31-136-135-29-51(99-73(52)124)72(123)91-45(23-58(83)109)78(129)101-17-5-6-55(101)76(127)85-34(3)62(113)95-54)97-66(117)43(19-36-7-11-38(105)12-8-36)89-67(118)44(22-57(82)108)90-68(119)48(26-103)94-69(120)47(25-102)93-63(114)40(80)21-56(81)107/h7-14,33-35,40-55,61,102-106H,5-6,15-32,80H2,1-4H3,(H2,81,107)(H2,82,108)(H2,83,109)(H,84,128)(H,85,127)(H,86,110)(H,87,122)(H,88,115)(H,89,118)(H,90,119)(H,91,123)(H,92,121)(H,93,114)(H,94,120)(H,95,113)(H,96,116)(H,97,117)(H,98,125)(H,99,124)(H,100,126)(H,111,112)(H,130,131). The molecule has 21 amide bonds. The molecular weight excluding hydrogens is 1930 g/mol. The van der Waals surface area contributed by atoms with Crippen LogP contribution in [-0.4, -0.2) is 352 Å². The Labute approximate surface area is 805 Å². The molecule has 754 valence electrons. The SMILES string of the molecule is CC(C)CC1NC(=O)C(CCC(=O)O)NC(=O)C2CSSCC3NC(=O)C(C)NC(=O)C4CCCN4C(=O)C(CC(N)=O)NC(=O)C(CSSCC(NC(=O)C(Cc4ccc(O)cc4)NC(=O)C(CC(N)=O)NC(=O)C(CO)NC(=O)C(CO)NC(=O)C(N)CC(N)=O)C(=O)N2)NC(=O)C(CSSCC(C(=O)NC(Cc2ccc(O)cc2)C(=O)O)NC(=O)CNC(=O)C(C(C)O)NC3=O)NC1=O. The number of carbonyl (C=O) groups excluding carboxylic acids is 21. The van der Waals surface area contributed by atoms with E-state index in [0.717, 1.165) is 30.9 Å². The number of phenols is 2. The summed E-state index contributed by atoms with van der Waals surface area (Å²) in [5.74, 6) is -35.1. The van der Waals surface area contributed by atoms with Crippen molar-refractivity contribution in [2.24, 2.45) is 28.9 Å². The molecule has 58 heteroatoms. The van der Waals surface area contributed by atoms with E-state index in [4.69, 9.17) is 22.9 Å². The van der Waals surface area contributed by atoms with E-state index in [1.165, 1.54) is 36.4 Å². The summed E-state index contributed by atoms with van der Waals surface area (Å²) in [5, 5.41) is 112. The van der Waals surface area contributed by atoms with Gasteiger partial charge in [-0.2, -0.15) is 0 Å². The van der Waals surface area contributed by atoms with Crippen LogP contribution in [0.15, 0.2) is 48.5 Å². The largest absolute Gasteiger partial charge is 0.508 e. The summed E-state index contributed by atoms with van der Waals surface area (Å²) in [6, 6.07) is -24.7. The van der Waals surface area contributed by atoms with Crippen LogP contribution in [0, 0.1) is 5.92 Å². The van der Waals surface area contributed by atoms with Gasteiger partial charge in [-0.3, -0.25) is 105 Å². The number of nitrogens with two attached hydrogens (primary N) is 4. The lowest BCUT2D eigenvalue weighted by molar-refractivity contribution is -0.143. The van der Waals surface area contributed by atoms with E-state index < -0.39 is 356 Å². The number of hydrogen-bond acceptors (Lipinski definition) is 35. The number of phenolic OH excluding ortho intramolecular Hbond substituents is 2. The van der Waals surface area contributed by atoms with Crippen LogP contribution in [0.4, 0.5) is 0 Å². The lowest BCUT2D eigenvalue weighted by Crippen LogP contribution is -2.62. The van der Waals surface area contributed by atoms with E-state index >= 15 is 38.4 Å². The Hall–Kier alpha value is -12.2. The van der Waals surface area contributed by atoms with Gasteiger partial charge in [0.05, 0.1) is 51.2 Å². The first kappa shape index (κ1) is 114. The fourth-order valence-electron chi connectivity index (χ4n) is 13.3.